The smallest absolute Gasteiger partial charge is 0.254 e. The third kappa shape index (κ3) is 2.78. The first-order valence-electron chi connectivity index (χ1n) is 7.48. The van der Waals surface area contributed by atoms with Crippen molar-refractivity contribution in [3.63, 3.8) is 0 Å². The van der Waals surface area contributed by atoms with Crippen molar-refractivity contribution in [2.75, 3.05) is 13.7 Å². The van der Waals surface area contributed by atoms with Crippen LogP contribution in [0.3, 0.4) is 0 Å². The number of nitrogens with one attached hydrogen (secondary N) is 1. The Kier molecular flexibility index (Phi) is 3.56. The quantitative estimate of drug-likeness (QED) is 0.882. The maximum absolute atomic E-state index is 11.9. The number of aromatic nitrogens is 2. The summed E-state index contributed by atoms with van der Waals surface area (Å²) in [4.78, 5) is 11.9. The second kappa shape index (κ2) is 5.28. The van der Waals surface area contributed by atoms with E-state index in [1.165, 1.54) is 0 Å². The van der Waals surface area contributed by atoms with Crippen LogP contribution in [0.25, 0.3) is 5.52 Å². The number of carbonyl (C=O) groups is 1. The van der Waals surface area contributed by atoms with Gasteiger partial charge >= 0.3 is 0 Å². The molecule has 0 aliphatic heterocycles. The van der Waals surface area contributed by atoms with Gasteiger partial charge in [0.2, 0.25) is 0 Å². The molecule has 2 N–H and O–H groups in total. The maximum atomic E-state index is 11.9. The lowest BCUT2D eigenvalue weighted by molar-refractivity contribution is 0.0279. The van der Waals surface area contributed by atoms with Crippen LogP contribution in [-0.2, 0) is 0 Å². The minimum Gasteiger partial charge on any atom is -0.489 e. The van der Waals surface area contributed by atoms with Crippen LogP contribution in [0.1, 0.15) is 48.7 Å². The van der Waals surface area contributed by atoms with Gasteiger partial charge in [-0.15, -0.1) is 0 Å². The molecule has 6 nitrogen and oxygen atoms in total. The highest BCUT2D eigenvalue weighted by molar-refractivity contribution is 6.00. The molecule has 0 bridgehead atoms. The zero-order chi connectivity index (χ0) is 15.9. The van der Waals surface area contributed by atoms with Crippen LogP contribution in [0.2, 0.25) is 0 Å². The Balaban J connectivity index is 2.03. The molecule has 3 rings (SSSR count). The molecular formula is C16H21N3O3. The summed E-state index contributed by atoms with van der Waals surface area (Å²) in [6, 6.07) is 3.70. The van der Waals surface area contributed by atoms with Crippen molar-refractivity contribution < 1.29 is 14.6 Å². The average molecular weight is 303 g/mol. The van der Waals surface area contributed by atoms with E-state index in [4.69, 9.17) is 4.74 Å². The molecule has 22 heavy (non-hydrogen) atoms. The van der Waals surface area contributed by atoms with Crippen molar-refractivity contribution >= 4 is 11.4 Å². The number of hydrogen-bond donors (Lipinski definition) is 2. The minimum atomic E-state index is -0.896. The number of fused-ring (bicyclic) bond motifs is 1. The van der Waals surface area contributed by atoms with E-state index < -0.39 is 5.60 Å². The summed E-state index contributed by atoms with van der Waals surface area (Å²) in [5.74, 6) is 0.975. The number of carbonyl (C=O) groups excluding carboxylic acids is 1. The van der Waals surface area contributed by atoms with Crippen molar-refractivity contribution in [2.45, 2.75) is 38.2 Å². The van der Waals surface area contributed by atoms with Crippen molar-refractivity contribution in [2.24, 2.45) is 0 Å². The highest BCUT2D eigenvalue weighted by atomic mass is 16.5. The van der Waals surface area contributed by atoms with E-state index in [9.17, 15) is 9.90 Å². The zero-order valence-electron chi connectivity index (χ0n) is 13.1. The molecule has 0 radical (unpaired) electrons. The fourth-order valence-corrected chi connectivity index (χ4v) is 2.47. The number of pyridine rings is 1. The third-order valence-electron chi connectivity index (χ3n) is 3.70. The summed E-state index contributed by atoms with van der Waals surface area (Å²) in [6.45, 7) is 3.63. The SMILES string of the molecule is CNC(=O)c1cnn2c(C3CC3)c(OCC(C)(C)O)ccc12. The molecule has 6 heteroatoms. The van der Waals surface area contributed by atoms with Gasteiger partial charge in [-0.25, -0.2) is 4.52 Å². The van der Waals surface area contributed by atoms with E-state index in [1.54, 1.807) is 31.6 Å². The van der Waals surface area contributed by atoms with Gasteiger partial charge in [0.25, 0.3) is 5.91 Å². The van der Waals surface area contributed by atoms with Crippen LogP contribution in [0.4, 0.5) is 0 Å². The second-order valence-electron chi connectivity index (χ2n) is 6.39. The van der Waals surface area contributed by atoms with Gasteiger partial charge in [0, 0.05) is 13.0 Å². The fraction of sp³-hybridized carbons (Fsp3) is 0.500. The molecule has 2 heterocycles. The standard InChI is InChI=1S/C16H21N3O3/c1-16(2,21)9-22-13-7-6-12-11(15(20)17-3)8-18-19(12)14(13)10-4-5-10/h6-8,10,21H,4-5,9H2,1-3H3,(H,17,20). The number of hydrogen-bond acceptors (Lipinski definition) is 4. The average Bonchev–Trinajstić information content (AvgIpc) is 3.21. The van der Waals surface area contributed by atoms with Gasteiger partial charge in [-0.3, -0.25) is 4.79 Å². The van der Waals surface area contributed by atoms with Crippen molar-refractivity contribution in [3.05, 3.63) is 29.6 Å². The summed E-state index contributed by atoms with van der Waals surface area (Å²) >= 11 is 0. The molecule has 0 spiro atoms. The maximum Gasteiger partial charge on any atom is 0.254 e. The van der Waals surface area contributed by atoms with Gasteiger partial charge < -0.3 is 15.2 Å². The molecule has 2 aromatic rings. The number of ether oxygens (including phenoxy) is 1. The molecule has 0 aromatic carbocycles. The predicted molar refractivity (Wildman–Crippen MR) is 82.4 cm³/mol. The number of amides is 1. The van der Waals surface area contributed by atoms with E-state index in [0.717, 1.165) is 29.8 Å². The van der Waals surface area contributed by atoms with Gasteiger partial charge in [0.1, 0.15) is 12.4 Å². The summed E-state index contributed by atoms with van der Waals surface area (Å²) in [7, 11) is 1.61. The molecule has 0 atom stereocenters. The third-order valence-corrected chi connectivity index (χ3v) is 3.70. The summed E-state index contributed by atoms with van der Waals surface area (Å²) in [5, 5.41) is 16.8. The lowest BCUT2D eigenvalue weighted by Crippen LogP contribution is -2.28. The lowest BCUT2D eigenvalue weighted by atomic mass is 10.1. The Labute approximate surface area is 129 Å². The fourth-order valence-electron chi connectivity index (χ4n) is 2.47. The molecule has 0 unspecified atom stereocenters. The molecule has 1 amide bonds. The Morgan fingerprint density at radius 1 is 1.50 bits per heavy atom. The van der Waals surface area contributed by atoms with Gasteiger partial charge in [0.05, 0.1) is 28.6 Å². The van der Waals surface area contributed by atoms with Crippen LogP contribution < -0.4 is 10.1 Å². The second-order valence-corrected chi connectivity index (χ2v) is 6.39. The van der Waals surface area contributed by atoms with Gasteiger partial charge in [0.15, 0.2) is 0 Å². The minimum absolute atomic E-state index is 0.151. The molecule has 1 fully saturated rings. The Hall–Kier alpha value is -2.08. The summed E-state index contributed by atoms with van der Waals surface area (Å²) < 4.78 is 7.59. The first-order valence-corrected chi connectivity index (χ1v) is 7.48. The normalized spacial score (nSPS) is 15.1. The summed E-state index contributed by atoms with van der Waals surface area (Å²) in [5.41, 5.74) is 1.42. The largest absolute Gasteiger partial charge is 0.489 e. The molecule has 118 valence electrons. The van der Waals surface area contributed by atoms with Gasteiger partial charge in [-0.05, 0) is 38.8 Å². The molecule has 1 aliphatic rings. The van der Waals surface area contributed by atoms with Crippen molar-refractivity contribution in [3.8, 4) is 5.75 Å². The summed E-state index contributed by atoms with van der Waals surface area (Å²) in [6.07, 6.45) is 3.76. The first-order chi connectivity index (χ1) is 10.4. The Morgan fingerprint density at radius 3 is 2.82 bits per heavy atom. The van der Waals surface area contributed by atoms with E-state index in [1.807, 2.05) is 12.1 Å². The predicted octanol–water partition coefficient (Wildman–Crippen LogP) is 1.72. The van der Waals surface area contributed by atoms with E-state index in [2.05, 4.69) is 10.4 Å². The van der Waals surface area contributed by atoms with Gasteiger partial charge in [-0.2, -0.15) is 5.10 Å². The highest BCUT2D eigenvalue weighted by Crippen LogP contribution is 2.44. The Bertz CT molecular complexity index is 711. The van der Waals surface area contributed by atoms with E-state index in [0.29, 0.717) is 11.5 Å². The van der Waals surface area contributed by atoms with Crippen molar-refractivity contribution in [1.82, 2.24) is 14.9 Å². The molecule has 1 aliphatic carbocycles. The highest BCUT2D eigenvalue weighted by Gasteiger charge is 2.31. The van der Waals surface area contributed by atoms with Crippen LogP contribution in [0, 0.1) is 0 Å². The van der Waals surface area contributed by atoms with Crippen LogP contribution in [0.5, 0.6) is 5.75 Å². The van der Waals surface area contributed by atoms with Crippen LogP contribution in [0.15, 0.2) is 18.3 Å². The molecule has 2 aromatic heterocycles. The molecule has 0 saturated heterocycles. The zero-order valence-corrected chi connectivity index (χ0v) is 13.1. The number of rotatable bonds is 5. The number of nitrogens with zero attached hydrogens (tertiary/aromatic N) is 2. The topological polar surface area (TPSA) is 75.9 Å². The number of aliphatic hydroxyl groups is 1. The molecule has 1 saturated carbocycles. The lowest BCUT2D eigenvalue weighted by Gasteiger charge is -2.20. The first kappa shape index (κ1) is 14.8. The van der Waals surface area contributed by atoms with Crippen LogP contribution >= 0.6 is 0 Å². The van der Waals surface area contributed by atoms with E-state index >= 15 is 0 Å². The monoisotopic (exact) mass is 303 g/mol. The van der Waals surface area contributed by atoms with Gasteiger partial charge in [-0.1, -0.05) is 0 Å². The van der Waals surface area contributed by atoms with Crippen LogP contribution in [-0.4, -0.2) is 39.9 Å². The van der Waals surface area contributed by atoms with E-state index in [-0.39, 0.29) is 12.5 Å². The molecular weight excluding hydrogens is 282 g/mol. The van der Waals surface area contributed by atoms with Crippen molar-refractivity contribution in [1.29, 1.82) is 0 Å². The Morgan fingerprint density at radius 2 is 2.23 bits per heavy atom.